The van der Waals surface area contributed by atoms with Gasteiger partial charge in [0.05, 0.1) is 5.92 Å². The molecule has 3 rings (SSSR count). The zero-order valence-corrected chi connectivity index (χ0v) is 11.7. The van der Waals surface area contributed by atoms with Gasteiger partial charge < -0.3 is 9.63 Å². The molecule has 0 amide bonds. The van der Waals surface area contributed by atoms with Gasteiger partial charge in [-0.2, -0.15) is 4.98 Å². The fourth-order valence-electron chi connectivity index (χ4n) is 2.32. The van der Waals surface area contributed by atoms with Gasteiger partial charge in [-0.1, -0.05) is 65.8 Å². The summed E-state index contributed by atoms with van der Waals surface area (Å²) in [6.07, 6.45) is -0.765. The van der Waals surface area contributed by atoms with Crippen LogP contribution in [0.1, 0.15) is 41.8 Å². The first kappa shape index (κ1) is 13.5. The van der Waals surface area contributed by atoms with E-state index >= 15 is 0 Å². The van der Waals surface area contributed by atoms with Gasteiger partial charge in [0.1, 0.15) is 6.10 Å². The maximum atomic E-state index is 9.56. The number of aliphatic hydroxyl groups is 1. The van der Waals surface area contributed by atoms with Crippen LogP contribution in [0.25, 0.3) is 0 Å². The highest BCUT2D eigenvalue weighted by molar-refractivity contribution is 5.37. The molecule has 1 aromatic heterocycles. The highest BCUT2D eigenvalue weighted by atomic mass is 16.5. The molecular formula is C17H16N2O2. The summed E-state index contributed by atoms with van der Waals surface area (Å²) in [4.78, 5) is 4.34. The number of aromatic nitrogens is 2. The Labute approximate surface area is 123 Å². The van der Waals surface area contributed by atoms with Crippen molar-refractivity contribution < 1.29 is 9.63 Å². The van der Waals surface area contributed by atoms with E-state index in [1.54, 1.807) is 6.92 Å². The molecule has 4 heteroatoms. The fraction of sp³-hybridized carbons (Fsp3) is 0.176. The maximum Gasteiger partial charge on any atom is 0.255 e. The van der Waals surface area contributed by atoms with Crippen LogP contribution in [0.15, 0.2) is 65.2 Å². The van der Waals surface area contributed by atoms with Crippen molar-refractivity contribution in [3.05, 3.63) is 83.5 Å². The van der Waals surface area contributed by atoms with E-state index in [9.17, 15) is 5.11 Å². The minimum Gasteiger partial charge on any atom is -0.384 e. The van der Waals surface area contributed by atoms with Gasteiger partial charge in [0, 0.05) is 0 Å². The van der Waals surface area contributed by atoms with E-state index in [0.717, 1.165) is 11.1 Å². The SMILES string of the molecule is CC(O)c1nc(C(c2ccccc2)c2ccccc2)no1. The molecule has 0 saturated carbocycles. The normalized spacial score (nSPS) is 12.5. The Morgan fingerprint density at radius 3 is 1.86 bits per heavy atom. The van der Waals surface area contributed by atoms with Crippen LogP contribution in [-0.4, -0.2) is 15.2 Å². The number of aliphatic hydroxyl groups excluding tert-OH is 1. The minimum atomic E-state index is -0.765. The van der Waals surface area contributed by atoms with Crippen molar-refractivity contribution in [2.24, 2.45) is 0 Å². The lowest BCUT2D eigenvalue weighted by molar-refractivity contribution is 0.151. The Hall–Kier alpha value is -2.46. The van der Waals surface area contributed by atoms with Gasteiger partial charge in [-0.25, -0.2) is 0 Å². The fourth-order valence-corrected chi connectivity index (χ4v) is 2.32. The van der Waals surface area contributed by atoms with Gasteiger partial charge in [0.15, 0.2) is 5.82 Å². The van der Waals surface area contributed by atoms with Crippen molar-refractivity contribution in [2.45, 2.75) is 18.9 Å². The van der Waals surface area contributed by atoms with Crippen LogP contribution in [0.2, 0.25) is 0 Å². The van der Waals surface area contributed by atoms with Gasteiger partial charge in [-0.05, 0) is 18.1 Å². The molecular weight excluding hydrogens is 264 g/mol. The topological polar surface area (TPSA) is 59.2 Å². The molecule has 0 aliphatic rings. The molecule has 3 aromatic rings. The van der Waals surface area contributed by atoms with Crippen LogP contribution in [0.3, 0.4) is 0 Å². The molecule has 4 nitrogen and oxygen atoms in total. The Morgan fingerprint density at radius 1 is 0.905 bits per heavy atom. The number of hydrogen-bond donors (Lipinski definition) is 1. The Balaban J connectivity index is 2.08. The predicted octanol–water partition coefficient (Wildman–Crippen LogP) is 3.30. The monoisotopic (exact) mass is 280 g/mol. The quantitative estimate of drug-likeness (QED) is 0.796. The van der Waals surface area contributed by atoms with Gasteiger partial charge in [-0.15, -0.1) is 0 Å². The van der Waals surface area contributed by atoms with Crippen LogP contribution in [0, 0.1) is 0 Å². The standard InChI is InChI=1S/C17H16N2O2/c1-12(20)17-18-16(19-21-17)15(13-8-4-2-5-9-13)14-10-6-3-7-11-14/h2-12,15,20H,1H3. The first-order valence-corrected chi connectivity index (χ1v) is 6.87. The summed E-state index contributed by atoms with van der Waals surface area (Å²) in [6, 6.07) is 20.0. The summed E-state index contributed by atoms with van der Waals surface area (Å²) in [5.74, 6) is 0.689. The summed E-state index contributed by atoms with van der Waals surface area (Å²) >= 11 is 0. The van der Waals surface area contributed by atoms with Crippen LogP contribution >= 0.6 is 0 Å². The van der Waals surface area contributed by atoms with E-state index in [4.69, 9.17) is 4.52 Å². The molecule has 1 atom stereocenters. The van der Waals surface area contributed by atoms with Crippen molar-refractivity contribution in [2.75, 3.05) is 0 Å². The largest absolute Gasteiger partial charge is 0.384 e. The van der Waals surface area contributed by atoms with Gasteiger partial charge >= 0.3 is 0 Å². The molecule has 0 spiro atoms. The zero-order chi connectivity index (χ0) is 14.7. The lowest BCUT2D eigenvalue weighted by Crippen LogP contribution is -2.05. The molecule has 106 valence electrons. The highest BCUT2D eigenvalue weighted by Crippen LogP contribution is 2.30. The lowest BCUT2D eigenvalue weighted by atomic mass is 9.91. The van der Waals surface area contributed by atoms with E-state index in [-0.39, 0.29) is 11.8 Å². The van der Waals surface area contributed by atoms with Crippen molar-refractivity contribution in [1.82, 2.24) is 10.1 Å². The first-order chi connectivity index (χ1) is 10.3. The summed E-state index contributed by atoms with van der Waals surface area (Å²) in [6.45, 7) is 1.61. The molecule has 0 radical (unpaired) electrons. The average molecular weight is 280 g/mol. The molecule has 0 fully saturated rings. The number of rotatable bonds is 4. The summed E-state index contributed by atoms with van der Waals surface area (Å²) in [5.41, 5.74) is 2.17. The van der Waals surface area contributed by atoms with Crippen LogP contribution in [0.5, 0.6) is 0 Å². The van der Waals surface area contributed by atoms with Crippen molar-refractivity contribution >= 4 is 0 Å². The molecule has 0 aliphatic carbocycles. The zero-order valence-electron chi connectivity index (χ0n) is 11.7. The van der Waals surface area contributed by atoms with E-state index in [1.165, 1.54) is 0 Å². The lowest BCUT2D eigenvalue weighted by Gasteiger charge is -2.14. The Bertz CT molecular complexity index is 654. The highest BCUT2D eigenvalue weighted by Gasteiger charge is 2.23. The van der Waals surface area contributed by atoms with Gasteiger partial charge in [0.2, 0.25) is 0 Å². The second-order valence-electron chi connectivity index (χ2n) is 4.92. The van der Waals surface area contributed by atoms with Crippen molar-refractivity contribution in [3.8, 4) is 0 Å². The van der Waals surface area contributed by atoms with Gasteiger partial charge in [-0.3, -0.25) is 0 Å². The predicted molar refractivity (Wildman–Crippen MR) is 78.8 cm³/mol. The number of hydrogen-bond acceptors (Lipinski definition) is 4. The second-order valence-corrected chi connectivity index (χ2v) is 4.92. The molecule has 1 N–H and O–H groups in total. The summed E-state index contributed by atoms with van der Waals surface area (Å²) in [7, 11) is 0. The van der Waals surface area contributed by atoms with Gasteiger partial charge in [0.25, 0.3) is 5.89 Å². The number of nitrogens with zero attached hydrogens (tertiary/aromatic N) is 2. The van der Waals surface area contributed by atoms with Crippen LogP contribution in [0.4, 0.5) is 0 Å². The average Bonchev–Trinajstić information content (AvgIpc) is 3.00. The van der Waals surface area contributed by atoms with Crippen molar-refractivity contribution in [3.63, 3.8) is 0 Å². The molecule has 1 unspecified atom stereocenters. The van der Waals surface area contributed by atoms with Crippen LogP contribution in [-0.2, 0) is 0 Å². The molecule has 21 heavy (non-hydrogen) atoms. The first-order valence-electron chi connectivity index (χ1n) is 6.87. The molecule has 0 bridgehead atoms. The second kappa shape index (κ2) is 5.89. The summed E-state index contributed by atoms with van der Waals surface area (Å²) < 4.78 is 5.14. The summed E-state index contributed by atoms with van der Waals surface area (Å²) in [5, 5.41) is 13.6. The molecule has 0 saturated heterocycles. The molecule has 1 heterocycles. The smallest absolute Gasteiger partial charge is 0.255 e. The third kappa shape index (κ3) is 2.85. The Kier molecular flexibility index (Phi) is 3.79. The third-order valence-electron chi connectivity index (χ3n) is 3.34. The van der Waals surface area contributed by atoms with E-state index in [0.29, 0.717) is 5.82 Å². The molecule has 0 aliphatic heterocycles. The van der Waals surface area contributed by atoms with Crippen molar-refractivity contribution in [1.29, 1.82) is 0 Å². The van der Waals surface area contributed by atoms with E-state index in [1.807, 2.05) is 60.7 Å². The third-order valence-corrected chi connectivity index (χ3v) is 3.34. The van der Waals surface area contributed by atoms with E-state index < -0.39 is 6.10 Å². The minimum absolute atomic E-state index is 0.108. The molecule has 2 aromatic carbocycles. The number of benzene rings is 2. The maximum absolute atomic E-state index is 9.56. The van der Waals surface area contributed by atoms with Crippen LogP contribution < -0.4 is 0 Å². The van der Waals surface area contributed by atoms with E-state index in [2.05, 4.69) is 10.1 Å². The Morgan fingerprint density at radius 2 is 1.43 bits per heavy atom.